The molecule has 0 radical (unpaired) electrons. The summed E-state index contributed by atoms with van der Waals surface area (Å²) in [7, 11) is 0. The zero-order valence-electron chi connectivity index (χ0n) is 35.1. The fraction of sp³-hybridized carbons (Fsp3) is 0.574. The molecule has 3 aliphatic heterocycles. The molecule has 3 N–H and O–H groups in total. The smallest absolute Gasteiger partial charge is 0.318 e. The molecule has 2 aromatic rings. The lowest BCUT2D eigenvalue weighted by Crippen LogP contribution is -2.70. The van der Waals surface area contributed by atoms with E-state index in [2.05, 4.69) is 37.5 Å². The number of hydrogen-bond donors (Lipinski definition) is 3. The summed E-state index contributed by atoms with van der Waals surface area (Å²) in [6.45, 7) is 12.2. The van der Waals surface area contributed by atoms with Gasteiger partial charge in [-0.3, -0.25) is 0 Å². The fourth-order valence-corrected chi connectivity index (χ4v) is 9.78. The van der Waals surface area contributed by atoms with Crippen LogP contribution < -0.4 is 24.3 Å². The fourth-order valence-electron chi connectivity index (χ4n) is 9.78. The standard InChI is InChI=1S/C47H63N3O10/c1-4-20-50(46(53)48-30-32-16-18-40-41(26-32)57-31-56-40)42-29-38(49-60-43-15-9-12-25-55-43)36-27-33(13-7-10-21-51)35(14-8-11-22-52)44-37-28-34(54-23-5-2)17-19-39(37)59-47(42,45(36)44)58-24-6-3/h5-6,16-19,26-28,33,35,42-45,51-52H,2-4,7-15,20-25,29-31H2,1H3,(H,48,53)/t33-,35+,42-,43?,44+,45+,47+/m0/s1. The van der Waals surface area contributed by atoms with Crippen molar-refractivity contribution in [1.29, 1.82) is 0 Å². The maximum atomic E-state index is 14.8. The van der Waals surface area contributed by atoms with Crippen molar-refractivity contribution in [1.82, 2.24) is 10.2 Å². The Bertz CT molecular complexity index is 1840. The van der Waals surface area contributed by atoms with Crippen LogP contribution >= 0.6 is 0 Å². The van der Waals surface area contributed by atoms with Crippen molar-refractivity contribution >= 4 is 11.7 Å². The Balaban J connectivity index is 1.37. The number of ether oxygens (including phenoxy) is 6. The molecule has 0 aromatic heterocycles. The maximum Gasteiger partial charge on any atom is 0.318 e. The predicted molar refractivity (Wildman–Crippen MR) is 227 cm³/mol. The first-order valence-electron chi connectivity index (χ1n) is 22.0. The van der Waals surface area contributed by atoms with Crippen LogP contribution in [0.2, 0.25) is 0 Å². The lowest BCUT2D eigenvalue weighted by Gasteiger charge is -2.60. The summed E-state index contributed by atoms with van der Waals surface area (Å²) in [5.74, 6) is 0.947. The van der Waals surface area contributed by atoms with Crippen molar-refractivity contribution in [2.45, 2.75) is 108 Å². The first kappa shape index (κ1) is 43.5. The summed E-state index contributed by atoms with van der Waals surface area (Å²) in [5, 5.41) is 28.0. The van der Waals surface area contributed by atoms with E-state index in [0.29, 0.717) is 68.4 Å². The van der Waals surface area contributed by atoms with Gasteiger partial charge in [0.05, 0.1) is 24.8 Å². The number of benzene rings is 2. The van der Waals surface area contributed by atoms with Gasteiger partial charge in [-0.05, 0) is 98.2 Å². The number of allylic oxidation sites excluding steroid dienone is 1. The van der Waals surface area contributed by atoms with E-state index in [9.17, 15) is 15.0 Å². The van der Waals surface area contributed by atoms with Crippen molar-refractivity contribution in [2.24, 2.45) is 22.9 Å². The number of nitrogens with one attached hydrogen (secondary N) is 1. The van der Waals surface area contributed by atoms with Crippen LogP contribution in [0.5, 0.6) is 23.0 Å². The molecule has 2 aliphatic carbocycles. The normalized spacial score (nSPS) is 26.9. The molecule has 13 heteroatoms. The number of fused-ring (bicyclic) bond motifs is 3. The second-order valence-electron chi connectivity index (χ2n) is 16.3. The number of nitrogens with zero attached hydrogens (tertiary/aromatic N) is 2. The molecule has 1 saturated carbocycles. The van der Waals surface area contributed by atoms with Gasteiger partial charge >= 0.3 is 6.03 Å². The quantitative estimate of drug-likeness (QED) is 0.0648. The number of amides is 2. The van der Waals surface area contributed by atoms with Crippen molar-refractivity contribution < 1.29 is 48.3 Å². The number of urea groups is 1. The van der Waals surface area contributed by atoms with Gasteiger partial charge in [0.2, 0.25) is 18.9 Å². The summed E-state index contributed by atoms with van der Waals surface area (Å²) >= 11 is 0. The van der Waals surface area contributed by atoms with E-state index in [4.69, 9.17) is 38.4 Å². The molecule has 7 atom stereocenters. The third-order valence-electron chi connectivity index (χ3n) is 12.4. The van der Waals surface area contributed by atoms with Gasteiger partial charge in [-0.25, -0.2) is 4.79 Å². The Morgan fingerprint density at radius 2 is 1.80 bits per heavy atom. The topological polar surface area (TPSA) is 150 Å². The zero-order chi connectivity index (χ0) is 41.9. The van der Waals surface area contributed by atoms with Crippen LogP contribution in [-0.2, 0) is 20.9 Å². The number of aliphatic hydroxyl groups is 2. The van der Waals surface area contributed by atoms with Gasteiger partial charge in [-0.2, -0.15) is 0 Å². The van der Waals surface area contributed by atoms with E-state index >= 15 is 0 Å². The largest absolute Gasteiger partial charge is 0.490 e. The summed E-state index contributed by atoms with van der Waals surface area (Å²) in [6, 6.07) is 10.7. The molecular formula is C47H63N3O10. The minimum absolute atomic E-state index is 0.0926. The van der Waals surface area contributed by atoms with Crippen molar-refractivity contribution in [3.05, 3.63) is 84.5 Å². The highest BCUT2D eigenvalue weighted by molar-refractivity contribution is 6.03. The van der Waals surface area contributed by atoms with Crippen LogP contribution in [0.15, 0.2) is 78.5 Å². The number of hydrogen-bond acceptors (Lipinski definition) is 11. The minimum Gasteiger partial charge on any atom is -0.490 e. The zero-order valence-corrected chi connectivity index (χ0v) is 35.1. The second kappa shape index (κ2) is 20.8. The summed E-state index contributed by atoms with van der Waals surface area (Å²) < 4.78 is 37.7. The van der Waals surface area contributed by atoms with E-state index in [-0.39, 0.29) is 56.9 Å². The van der Waals surface area contributed by atoms with Crippen molar-refractivity contribution in [3.8, 4) is 23.0 Å². The average Bonchev–Trinajstić information content (AvgIpc) is 3.75. The number of oxime groups is 1. The number of unbranched alkanes of at least 4 members (excludes halogenated alkanes) is 2. The lowest BCUT2D eigenvalue weighted by molar-refractivity contribution is -0.254. The number of rotatable bonds is 21. The number of carbonyl (C=O) groups is 1. The first-order valence-corrected chi connectivity index (χ1v) is 22.0. The maximum absolute atomic E-state index is 14.8. The molecule has 2 aromatic carbocycles. The molecule has 2 amide bonds. The van der Waals surface area contributed by atoms with Crippen LogP contribution in [0, 0.1) is 17.8 Å². The first-order chi connectivity index (χ1) is 29.4. The molecule has 5 aliphatic rings. The Morgan fingerprint density at radius 1 is 1.00 bits per heavy atom. The third-order valence-corrected chi connectivity index (χ3v) is 12.4. The van der Waals surface area contributed by atoms with Gasteiger partial charge in [0.25, 0.3) is 0 Å². The molecule has 7 rings (SSSR count). The van der Waals surface area contributed by atoms with Crippen LogP contribution in [0.3, 0.4) is 0 Å². The van der Waals surface area contributed by atoms with Crippen molar-refractivity contribution in [2.75, 3.05) is 46.4 Å². The van der Waals surface area contributed by atoms with Gasteiger partial charge in [-0.15, -0.1) is 6.58 Å². The van der Waals surface area contributed by atoms with Crippen LogP contribution in [0.4, 0.5) is 4.79 Å². The van der Waals surface area contributed by atoms with Crippen molar-refractivity contribution in [3.63, 3.8) is 0 Å². The molecule has 13 nitrogen and oxygen atoms in total. The lowest BCUT2D eigenvalue weighted by atomic mass is 9.55. The van der Waals surface area contributed by atoms with Crippen LogP contribution in [0.25, 0.3) is 0 Å². The molecular weight excluding hydrogens is 767 g/mol. The van der Waals surface area contributed by atoms with Gasteiger partial charge in [-0.1, -0.05) is 55.8 Å². The van der Waals surface area contributed by atoms with Gasteiger partial charge in [0.1, 0.15) is 24.1 Å². The molecule has 2 fully saturated rings. The Labute approximate surface area is 354 Å². The molecule has 1 unspecified atom stereocenters. The molecule has 60 heavy (non-hydrogen) atoms. The van der Waals surface area contributed by atoms with Crippen LogP contribution in [-0.4, -0.2) is 91.3 Å². The number of carbonyl (C=O) groups excluding carboxylic acids is 1. The average molecular weight is 830 g/mol. The Hall–Kier alpha value is -4.56. The van der Waals surface area contributed by atoms with Gasteiger partial charge < -0.3 is 53.7 Å². The van der Waals surface area contributed by atoms with Gasteiger partial charge in [0.15, 0.2) is 11.5 Å². The van der Waals surface area contributed by atoms with E-state index in [1.54, 1.807) is 12.2 Å². The number of aliphatic hydroxyl groups excluding tert-OH is 2. The highest BCUT2D eigenvalue weighted by atomic mass is 16.8. The highest BCUT2D eigenvalue weighted by Gasteiger charge is 2.65. The van der Waals surface area contributed by atoms with E-state index in [1.807, 2.05) is 35.2 Å². The van der Waals surface area contributed by atoms with Crippen LogP contribution in [0.1, 0.15) is 94.6 Å². The summed E-state index contributed by atoms with van der Waals surface area (Å²) in [5.41, 5.74) is 3.58. The molecule has 0 spiro atoms. The summed E-state index contributed by atoms with van der Waals surface area (Å²) in [6.07, 6.45) is 13.8. The molecule has 1 saturated heterocycles. The van der Waals surface area contributed by atoms with E-state index in [1.165, 1.54) is 0 Å². The van der Waals surface area contributed by atoms with E-state index < -0.39 is 24.0 Å². The van der Waals surface area contributed by atoms with Gasteiger partial charge in [0, 0.05) is 50.6 Å². The SMILES string of the molecule is C=CCOc1ccc2c(c1)[C@H]1[C@H](CCCCO)[C@@H](CCCCO)C=C3C(=NOC4CCCCO4)C[C@H](N(CCC)C(=O)NCc4ccc5c(c4)OCO5)[C@@](OCC=C)(O2)[C@H]31. The molecule has 3 heterocycles. The third kappa shape index (κ3) is 9.49. The Kier molecular flexibility index (Phi) is 15.1. The highest BCUT2D eigenvalue weighted by Crippen LogP contribution is 2.62. The minimum atomic E-state index is -1.36. The Morgan fingerprint density at radius 3 is 2.57 bits per heavy atom. The second-order valence-corrected chi connectivity index (χ2v) is 16.3. The summed E-state index contributed by atoms with van der Waals surface area (Å²) in [4.78, 5) is 22.9. The monoisotopic (exact) mass is 829 g/mol. The predicted octanol–water partition coefficient (Wildman–Crippen LogP) is 7.76. The van der Waals surface area contributed by atoms with E-state index in [0.717, 1.165) is 67.4 Å². The molecule has 326 valence electrons. The molecule has 0 bridgehead atoms.